The molecular formula is C23H29N5O3. The van der Waals surface area contributed by atoms with E-state index < -0.39 is 5.60 Å². The Hall–Kier alpha value is -3.13. The minimum Gasteiger partial charge on any atom is -0.494 e. The fourth-order valence-electron chi connectivity index (χ4n) is 3.73. The molecule has 1 aliphatic heterocycles. The summed E-state index contributed by atoms with van der Waals surface area (Å²) in [7, 11) is 1.56. The maximum absolute atomic E-state index is 12.9. The summed E-state index contributed by atoms with van der Waals surface area (Å²) in [5.41, 5.74) is 0.938. The number of aryl methyl sites for hydroxylation is 1. The number of aromatic nitrogens is 3. The molecule has 2 aromatic heterocycles. The molecule has 1 aromatic carbocycles. The van der Waals surface area contributed by atoms with Crippen molar-refractivity contribution in [1.29, 1.82) is 0 Å². The Morgan fingerprint density at radius 2 is 2.03 bits per heavy atom. The molecule has 3 heterocycles. The van der Waals surface area contributed by atoms with Crippen molar-refractivity contribution in [2.24, 2.45) is 0 Å². The third-order valence-electron chi connectivity index (χ3n) is 5.47. The molecule has 1 amide bonds. The highest BCUT2D eigenvalue weighted by Crippen LogP contribution is 2.30. The van der Waals surface area contributed by atoms with Gasteiger partial charge in [0.2, 0.25) is 0 Å². The summed E-state index contributed by atoms with van der Waals surface area (Å²) in [4.78, 5) is 19.7. The Balaban J connectivity index is 1.55. The van der Waals surface area contributed by atoms with E-state index in [1.54, 1.807) is 37.8 Å². The summed E-state index contributed by atoms with van der Waals surface area (Å²) in [6.45, 7) is 6.09. The topological polar surface area (TPSA) is 92.5 Å². The zero-order valence-corrected chi connectivity index (χ0v) is 18.3. The van der Waals surface area contributed by atoms with Crippen LogP contribution in [0.3, 0.4) is 0 Å². The highest BCUT2D eigenvalue weighted by atomic mass is 16.5. The van der Waals surface area contributed by atoms with E-state index in [9.17, 15) is 9.90 Å². The van der Waals surface area contributed by atoms with Crippen molar-refractivity contribution in [3.63, 3.8) is 0 Å². The number of aliphatic hydroxyl groups is 1. The molecule has 0 bridgehead atoms. The van der Waals surface area contributed by atoms with Crippen LogP contribution in [0.2, 0.25) is 0 Å². The number of carbonyl (C=O) groups is 1. The van der Waals surface area contributed by atoms with Gasteiger partial charge in [-0.1, -0.05) is 6.07 Å². The molecule has 1 aliphatic rings. The number of pyridine rings is 1. The fourth-order valence-corrected chi connectivity index (χ4v) is 3.73. The lowest BCUT2D eigenvalue weighted by Crippen LogP contribution is -2.21. The average molecular weight is 424 g/mol. The van der Waals surface area contributed by atoms with Crippen LogP contribution in [-0.2, 0) is 6.54 Å². The van der Waals surface area contributed by atoms with E-state index in [1.807, 2.05) is 24.4 Å². The second kappa shape index (κ2) is 8.55. The van der Waals surface area contributed by atoms with Crippen LogP contribution < -0.4 is 15.0 Å². The second-order valence-corrected chi connectivity index (χ2v) is 8.60. The van der Waals surface area contributed by atoms with Gasteiger partial charge < -0.3 is 20.1 Å². The number of rotatable bonds is 7. The number of methoxy groups -OCH3 is 1. The molecule has 4 rings (SSSR count). The first-order valence-electron chi connectivity index (χ1n) is 10.6. The third kappa shape index (κ3) is 4.96. The molecule has 31 heavy (non-hydrogen) atoms. The summed E-state index contributed by atoms with van der Waals surface area (Å²) in [6.07, 6.45) is 4.79. The molecule has 1 saturated heterocycles. The first kappa shape index (κ1) is 21.1. The van der Waals surface area contributed by atoms with Crippen molar-refractivity contribution in [2.75, 3.05) is 30.4 Å². The first-order valence-corrected chi connectivity index (χ1v) is 10.6. The summed E-state index contributed by atoms with van der Waals surface area (Å²) in [6, 6.07) is 9.18. The number of hydrogen-bond acceptors (Lipinski definition) is 6. The van der Waals surface area contributed by atoms with Gasteiger partial charge in [-0.3, -0.25) is 9.48 Å². The molecule has 0 atom stereocenters. The number of fused-ring (bicyclic) bond motifs is 1. The summed E-state index contributed by atoms with van der Waals surface area (Å²) >= 11 is 0. The fraction of sp³-hybridized carbons (Fsp3) is 0.435. The van der Waals surface area contributed by atoms with E-state index in [4.69, 9.17) is 4.74 Å². The molecule has 0 unspecified atom stereocenters. The quantitative estimate of drug-likeness (QED) is 0.605. The predicted molar refractivity (Wildman–Crippen MR) is 121 cm³/mol. The summed E-state index contributed by atoms with van der Waals surface area (Å²) < 4.78 is 7.29. The molecule has 2 N–H and O–H groups in total. The lowest BCUT2D eigenvalue weighted by Gasteiger charge is -2.17. The maximum atomic E-state index is 12.9. The maximum Gasteiger partial charge on any atom is 0.274 e. The molecular weight excluding hydrogens is 394 g/mol. The van der Waals surface area contributed by atoms with Gasteiger partial charge in [0.1, 0.15) is 17.3 Å². The zero-order valence-electron chi connectivity index (χ0n) is 18.3. The van der Waals surface area contributed by atoms with Crippen molar-refractivity contribution in [3.8, 4) is 5.75 Å². The number of hydrogen-bond donors (Lipinski definition) is 2. The lowest BCUT2D eigenvalue weighted by molar-refractivity contribution is 0.0651. The highest BCUT2D eigenvalue weighted by Gasteiger charge is 2.18. The van der Waals surface area contributed by atoms with Gasteiger partial charge in [0, 0.05) is 37.3 Å². The summed E-state index contributed by atoms with van der Waals surface area (Å²) in [5.74, 6) is 1.08. The predicted octanol–water partition coefficient (Wildman–Crippen LogP) is 3.45. The standard InChI is InChI=1S/C23H29N5O3/c1-23(2,30)9-12-28-15-16-13-19(20(31-3)14-18(16)26-28)25-22(29)17-7-6-8-21(24-17)27-10-4-5-11-27/h6-8,13-15,30H,4-5,9-12H2,1-3H3,(H,25,29). The number of carbonyl (C=O) groups excluding carboxylic acids is 1. The average Bonchev–Trinajstić information content (AvgIpc) is 3.41. The number of anilines is 2. The number of ether oxygens (including phenoxy) is 1. The Labute approximate surface area is 181 Å². The van der Waals surface area contributed by atoms with Crippen molar-refractivity contribution in [2.45, 2.75) is 45.3 Å². The molecule has 0 saturated carbocycles. The largest absolute Gasteiger partial charge is 0.494 e. The summed E-state index contributed by atoms with van der Waals surface area (Å²) in [5, 5.41) is 18.3. The van der Waals surface area contributed by atoms with Gasteiger partial charge in [-0.15, -0.1) is 0 Å². The van der Waals surface area contributed by atoms with Crippen LogP contribution in [0.15, 0.2) is 36.5 Å². The Bertz CT molecular complexity index is 1080. The van der Waals surface area contributed by atoms with Crippen molar-refractivity contribution in [3.05, 3.63) is 42.2 Å². The van der Waals surface area contributed by atoms with E-state index in [1.165, 1.54) is 0 Å². The van der Waals surface area contributed by atoms with E-state index in [0.29, 0.717) is 30.1 Å². The van der Waals surface area contributed by atoms with Crippen LogP contribution in [-0.4, -0.2) is 51.6 Å². The molecule has 164 valence electrons. The highest BCUT2D eigenvalue weighted by molar-refractivity contribution is 6.05. The molecule has 0 spiro atoms. The second-order valence-electron chi connectivity index (χ2n) is 8.60. The molecule has 0 aliphatic carbocycles. The van der Waals surface area contributed by atoms with E-state index in [0.717, 1.165) is 42.7 Å². The number of benzene rings is 1. The van der Waals surface area contributed by atoms with E-state index in [-0.39, 0.29) is 5.91 Å². The molecule has 0 radical (unpaired) electrons. The number of amides is 1. The minimum absolute atomic E-state index is 0.284. The van der Waals surface area contributed by atoms with Gasteiger partial charge in [-0.2, -0.15) is 5.10 Å². The normalized spacial score (nSPS) is 14.3. The number of nitrogens with zero attached hydrogens (tertiary/aromatic N) is 4. The SMILES string of the molecule is COc1cc2nn(CCC(C)(C)O)cc2cc1NC(=O)c1cccc(N2CCCC2)n1. The van der Waals surface area contributed by atoms with Gasteiger partial charge in [-0.25, -0.2) is 4.98 Å². The van der Waals surface area contributed by atoms with Crippen molar-refractivity contribution in [1.82, 2.24) is 14.8 Å². The zero-order chi connectivity index (χ0) is 22.0. The third-order valence-corrected chi connectivity index (χ3v) is 5.47. The minimum atomic E-state index is -0.758. The van der Waals surface area contributed by atoms with Crippen LogP contribution in [0.25, 0.3) is 10.9 Å². The Morgan fingerprint density at radius 1 is 1.26 bits per heavy atom. The number of nitrogens with one attached hydrogen (secondary N) is 1. The van der Waals surface area contributed by atoms with Crippen LogP contribution in [0.5, 0.6) is 5.75 Å². The van der Waals surface area contributed by atoms with E-state index in [2.05, 4.69) is 20.3 Å². The molecule has 1 fully saturated rings. The van der Waals surface area contributed by atoms with Gasteiger partial charge in [0.15, 0.2) is 0 Å². The molecule has 8 heteroatoms. The monoisotopic (exact) mass is 423 g/mol. The Kier molecular flexibility index (Phi) is 5.82. The van der Waals surface area contributed by atoms with Gasteiger partial charge in [0.05, 0.1) is 23.9 Å². The lowest BCUT2D eigenvalue weighted by atomic mass is 10.1. The van der Waals surface area contributed by atoms with Crippen LogP contribution in [0.1, 0.15) is 43.6 Å². The molecule has 3 aromatic rings. The van der Waals surface area contributed by atoms with Gasteiger partial charge in [-0.05, 0) is 51.3 Å². The van der Waals surface area contributed by atoms with Crippen LogP contribution in [0.4, 0.5) is 11.5 Å². The van der Waals surface area contributed by atoms with Gasteiger partial charge >= 0.3 is 0 Å². The van der Waals surface area contributed by atoms with Crippen LogP contribution >= 0.6 is 0 Å². The van der Waals surface area contributed by atoms with Crippen LogP contribution in [0, 0.1) is 0 Å². The molecule has 8 nitrogen and oxygen atoms in total. The van der Waals surface area contributed by atoms with Crippen molar-refractivity contribution >= 4 is 28.3 Å². The van der Waals surface area contributed by atoms with Crippen molar-refractivity contribution < 1.29 is 14.6 Å². The Morgan fingerprint density at radius 3 is 2.74 bits per heavy atom. The first-order chi connectivity index (χ1) is 14.8. The van der Waals surface area contributed by atoms with Gasteiger partial charge in [0.25, 0.3) is 5.91 Å². The smallest absolute Gasteiger partial charge is 0.274 e. The van der Waals surface area contributed by atoms with E-state index >= 15 is 0 Å².